The van der Waals surface area contributed by atoms with Gasteiger partial charge in [-0.3, -0.25) is 4.99 Å². The Morgan fingerprint density at radius 3 is 2.96 bits per heavy atom. The van der Waals surface area contributed by atoms with E-state index in [4.69, 9.17) is 9.26 Å². The van der Waals surface area contributed by atoms with E-state index in [0.717, 1.165) is 57.5 Å². The second-order valence-corrected chi connectivity index (χ2v) is 6.86. The third-order valence-corrected chi connectivity index (χ3v) is 5.02. The van der Waals surface area contributed by atoms with Gasteiger partial charge in [-0.1, -0.05) is 12.1 Å². The van der Waals surface area contributed by atoms with Crippen molar-refractivity contribution in [2.45, 2.75) is 45.4 Å². The molecule has 7 nitrogen and oxygen atoms in total. The van der Waals surface area contributed by atoms with Gasteiger partial charge in [0.2, 0.25) is 5.89 Å². The Morgan fingerprint density at radius 1 is 1.38 bits per heavy atom. The van der Waals surface area contributed by atoms with Crippen molar-refractivity contribution in [1.29, 1.82) is 0 Å². The number of hydrogen-bond acceptors (Lipinski definition) is 5. The molecule has 0 bridgehead atoms. The smallest absolute Gasteiger partial charge is 0.226 e. The summed E-state index contributed by atoms with van der Waals surface area (Å²) < 4.78 is 10.9. The molecule has 134 valence electrons. The van der Waals surface area contributed by atoms with Crippen LogP contribution in [0, 0.1) is 5.41 Å². The summed E-state index contributed by atoms with van der Waals surface area (Å²) >= 11 is 0. The van der Waals surface area contributed by atoms with Crippen molar-refractivity contribution in [2.24, 2.45) is 10.4 Å². The second kappa shape index (κ2) is 7.96. The maximum absolute atomic E-state index is 5.76. The number of nitrogens with zero attached hydrogens (tertiary/aromatic N) is 4. The third kappa shape index (κ3) is 4.06. The summed E-state index contributed by atoms with van der Waals surface area (Å²) in [6.07, 6.45) is 6.43. The number of likely N-dealkylation sites (tertiary alicyclic amines) is 1. The number of ether oxygens (including phenoxy) is 1. The van der Waals surface area contributed by atoms with Gasteiger partial charge in [0.1, 0.15) is 0 Å². The van der Waals surface area contributed by atoms with E-state index >= 15 is 0 Å². The molecule has 2 saturated heterocycles. The maximum atomic E-state index is 5.76. The normalized spacial score (nSPS) is 25.2. The number of guanidine groups is 1. The Morgan fingerprint density at radius 2 is 2.25 bits per heavy atom. The monoisotopic (exact) mass is 335 g/mol. The zero-order chi connectivity index (χ0) is 16.8. The molecule has 1 aromatic rings. The molecule has 0 radical (unpaired) electrons. The summed E-state index contributed by atoms with van der Waals surface area (Å²) in [6.45, 7) is 6.68. The fourth-order valence-electron chi connectivity index (χ4n) is 3.77. The van der Waals surface area contributed by atoms with Crippen molar-refractivity contribution in [3.63, 3.8) is 0 Å². The Kier molecular flexibility index (Phi) is 5.71. The van der Waals surface area contributed by atoms with Gasteiger partial charge in [0, 0.05) is 51.5 Å². The standard InChI is InChI=1S/C17H29N5O2/c1-3-15-20-14(21-24-15)6-9-19-16(18-2)22-10-4-7-17(12-22)8-5-11-23-13-17/h3-13H2,1-2H3,(H,18,19). The number of aromatic nitrogens is 2. The summed E-state index contributed by atoms with van der Waals surface area (Å²) in [5.41, 5.74) is 0.317. The molecular formula is C17H29N5O2. The largest absolute Gasteiger partial charge is 0.381 e. The lowest BCUT2D eigenvalue weighted by Gasteiger charge is -2.45. The average molecular weight is 335 g/mol. The fourth-order valence-corrected chi connectivity index (χ4v) is 3.77. The first kappa shape index (κ1) is 17.2. The van der Waals surface area contributed by atoms with Crippen LogP contribution in [-0.2, 0) is 17.6 Å². The highest BCUT2D eigenvalue weighted by atomic mass is 16.5. The Balaban J connectivity index is 1.51. The van der Waals surface area contributed by atoms with Crippen LogP contribution in [0.15, 0.2) is 9.52 Å². The average Bonchev–Trinajstić information content (AvgIpc) is 3.07. The lowest BCUT2D eigenvalue weighted by molar-refractivity contribution is -0.0370. The number of piperidine rings is 1. The van der Waals surface area contributed by atoms with Crippen molar-refractivity contribution in [3.8, 4) is 0 Å². The lowest BCUT2D eigenvalue weighted by Crippen LogP contribution is -2.53. The Labute approximate surface area is 143 Å². The first-order valence-corrected chi connectivity index (χ1v) is 9.09. The number of hydrogen-bond donors (Lipinski definition) is 1. The maximum Gasteiger partial charge on any atom is 0.226 e. The predicted molar refractivity (Wildman–Crippen MR) is 92.0 cm³/mol. The van der Waals surface area contributed by atoms with Gasteiger partial charge < -0.3 is 19.5 Å². The van der Waals surface area contributed by atoms with Crippen molar-refractivity contribution in [1.82, 2.24) is 20.4 Å². The van der Waals surface area contributed by atoms with Gasteiger partial charge in [-0.15, -0.1) is 0 Å². The molecule has 0 aliphatic carbocycles. The molecule has 3 heterocycles. The minimum atomic E-state index is 0.317. The molecule has 1 atom stereocenters. The van der Waals surface area contributed by atoms with Crippen LogP contribution in [-0.4, -0.2) is 60.9 Å². The van der Waals surface area contributed by atoms with Crippen molar-refractivity contribution in [2.75, 3.05) is 39.9 Å². The summed E-state index contributed by atoms with van der Waals surface area (Å²) in [5, 5.41) is 7.44. The van der Waals surface area contributed by atoms with Crippen LogP contribution < -0.4 is 5.32 Å². The van der Waals surface area contributed by atoms with Crippen LogP contribution in [0.1, 0.15) is 44.3 Å². The zero-order valence-electron chi connectivity index (χ0n) is 14.9. The lowest BCUT2D eigenvalue weighted by atomic mass is 9.76. The highest BCUT2D eigenvalue weighted by molar-refractivity contribution is 5.80. The Hall–Kier alpha value is -1.63. The van der Waals surface area contributed by atoms with Crippen LogP contribution in [0.3, 0.4) is 0 Å². The van der Waals surface area contributed by atoms with Gasteiger partial charge >= 0.3 is 0 Å². The molecule has 1 unspecified atom stereocenters. The van der Waals surface area contributed by atoms with Crippen LogP contribution in [0.25, 0.3) is 0 Å². The Bertz CT molecular complexity index is 545. The quantitative estimate of drug-likeness (QED) is 0.666. The number of rotatable bonds is 4. The van der Waals surface area contributed by atoms with Crippen LogP contribution in [0.4, 0.5) is 0 Å². The minimum absolute atomic E-state index is 0.317. The van der Waals surface area contributed by atoms with Crippen LogP contribution >= 0.6 is 0 Å². The van der Waals surface area contributed by atoms with E-state index in [1.165, 1.54) is 25.7 Å². The van der Waals surface area contributed by atoms with E-state index in [-0.39, 0.29) is 0 Å². The first-order chi connectivity index (χ1) is 11.7. The van der Waals surface area contributed by atoms with E-state index in [1.807, 2.05) is 14.0 Å². The van der Waals surface area contributed by atoms with E-state index < -0.39 is 0 Å². The highest BCUT2D eigenvalue weighted by Crippen LogP contribution is 2.37. The molecule has 7 heteroatoms. The van der Waals surface area contributed by atoms with Crippen molar-refractivity contribution in [3.05, 3.63) is 11.7 Å². The van der Waals surface area contributed by atoms with E-state index in [0.29, 0.717) is 11.3 Å². The first-order valence-electron chi connectivity index (χ1n) is 9.09. The number of nitrogens with one attached hydrogen (secondary N) is 1. The molecule has 1 aromatic heterocycles. The van der Waals surface area contributed by atoms with Crippen molar-refractivity contribution >= 4 is 5.96 Å². The molecule has 2 aliphatic heterocycles. The molecule has 24 heavy (non-hydrogen) atoms. The fraction of sp³-hybridized carbons (Fsp3) is 0.824. The topological polar surface area (TPSA) is 75.8 Å². The number of aliphatic imine (C=N–C) groups is 1. The highest BCUT2D eigenvalue weighted by Gasteiger charge is 2.38. The van der Waals surface area contributed by atoms with Gasteiger partial charge in [-0.05, 0) is 25.7 Å². The second-order valence-electron chi connectivity index (χ2n) is 6.86. The van der Waals surface area contributed by atoms with Gasteiger partial charge in [0.05, 0.1) is 6.61 Å². The minimum Gasteiger partial charge on any atom is -0.381 e. The van der Waals surface area contributed by atoms with E-state index in [2.05, 4.69) is 25.3 Å². The summed E-state index contributed by atoms with van der Waals surface area (Å²) in [6, 6.07) is 0. The molecular weight excluding hydrogens is 306 g/mol. The molecule has 1 N–H and O–H groups in total. The van der Waals surface area contributed by atoms with Crippen molar-refractivity contribution < 1.29 is 9.26 Å². The molecule has 2 fully saturated rings. The summed E-state index contributed by atoms with van der Waals surface area (Å²) in [5.74, 6) is 2.43. The molecule has 2 aliphatic rings. The van der Waals surface area contributed by atoms with Gasteiger partial charge in [-0.2, -0.15) is 4.98 Å². The summed E-state index contributed by atoms with van der Waals surface area (Å²) in [4.78, 5) is 11.2. The van der Waals surface area contributed by atoms with Crippen LogP contribution in [0.5, 0.6) is 0 Å². The van der Waals surface area contributed by atoms with E-state index in [1.54, 1.807) is 0 Å². The molecule has 0 amide bonds. The molecule has 1 spiro atoms. The van der Waals surface area contributed by atoms with Crippen LogP contribution in [0.2, 0.25) is 0 Å². The SMILES string of the molecule is CCc1nc(CCNC(=NC)N2CCCC3(CCCOC3)C2)no1. The van der Waals surface area contributed by atoms with Gasteiger partial charge in [0.15, 0.2) is 11.8 Å². The predicted octanol–water partition coefficient (Wildman–Crippen LogP) is 1.64. The number of aryl methyl sites for hydroxylation is 1. The zero-order valence-corrected chi connectivity index (χ0v) is 14.9. The molecule has 3 rings (SSSR count). The third-order valence-electron chi connectivity index (χ3n) is 5.02. The molecule has 0 aromatic carbocycles. The van der Waals surface area contributed by atoms with Gasteiger partial charge in [0.25, 0.3) is 0 Å². The van der Waals surface area contributed by atoms with E-state index in [9.17, 15) is 0 Å². The summed E-state index contributed by atoms with van der Waals surface area (Å²) in [7, 11) is 1.85. The molecule has 0 saturated carbocycles. The van der Waals surface area contributed by atoms with Gasteiger partial charge in [-0.25, -0.2) is 0 Å².